The summed E-state index contributed by atoms with van der Waals surface area (Å²) in [6.45, 7) is 3.52. The van der Waals surface area contributed by atoms with Crippen LogP contribution in [-0.2, 0) is 5.60 Å². The van der Waals surface area contributed by atoms with Gasteiger partial charge in [0.2, 0.25) is 0 Å². The molecule has 0 aliphatic rings. The molecule has 0 radical (unpaired) electrons. The molecule has 0 heterocycles. The van der Waals surface area contributed by atoms with E-state index in [1.54, 1.807) is 28.1 Å². The molecule has 2 aromatic rings. The van der Waals surface area contributed by atoms with Gasteiger partial charge in [-0.05, 0) is 43.7 Å². The van der Waals surface area contributed by atoms with Crippen LogP contribution in [0.5, 0.6) is 11.5 Å². The van der Waals surface area contributed by atoms with Crippen molar-refractivity contribution < 1.29 is 14.6 Å². The molecule has 0 atom stereocenters. The number of hydrogen-bond acceptors (Lipinski definition) is 3. The minimum Gasteiger partial charge on any atom is -0.497 e. The number of hydrogen-bond donors (Lipinski definition) is 1. The zero-order chi connectivity index (χ0) is 15.0. The summed E-state index contributed by atoms with van der Waals surface area (Å²) in [5.41, 5.74) is 0.120. The monoisotopic (exact) mass is 274 g/mol. The van der Waals surface area contributed by atoms with Crippen molar-refractivity contribution in [3.05, 3.63) is 60.2 Å². The molecule has 0 aromatic heterocycles. The highest BCUT2D eigenvalue weighted by Crippen LogP contribution is 2.21. The minimum atomic E-state index is -0.772. The van der Waals surface area contributed by atoms with E-state index in [-0.39, 0.29) is 0 Å². The highest BCUT2D eigenvalue weighted by atomic mass is 16.5. The largest absolute Gasteiger partial charge is 0.497 e. The molecule has 108 valence electrons. The van der Waals surface area contributed by atoms with Gasteiger partial charge in [0.1, 0.15) is 11.5 Å². The average molecular weight is 274 g/mol. The van der Waals surface area contributed by atoms with Gasteiger partial charge >= 0.3 is 0 Å². The van der Waals surface area contributed by atoms with E-state index >= 15 is 0 Å². The average Bonchev–Trinajstić information content (AvgIpc) is 2.48. The van der Waals surface area contributed by atoms with Crippen LogP contribution in [0.25, 0.3) is 0 Å². The second-order valence-corrected chi connectivity index (χ2v) is 4.80. The van der Waals surface area contributed by atoms with E-state index in [1.165, 1.54) is 0 Å². The van der Waals surface area contributed by atoms with Gasteiger partial charge in [0.05, 0.1) is 19.8 Å². The van der Waals surface area contributed by atoms with E-state index in [4.69, 9.17) is 9.47 Å². The second kappa shape index (κ2) is 7.56. The van der Waals surface area contributed by atoms with Crippen molar-refractivity contribution in [2.75, 3.05) is 14.2 Å². The van der Waals surface area contributed by atoms with Crippen LogP contribution < -0.4 is 9.47 Å². The van der Waals surface area contributed by atoms with Crippen molar-refractivity contribution in [1.82, 2.24) is 0 Å². The van der Waals surface area contributed by atoms with Crippen molar-refractivity contribution in [3.63, 3.8) is 0 Å². The minimum absolute atomic E-state index is 0.772. The first kappa shape index (κ1) is 16.1. The van der Waals surface area contributed by atoms with Crippen LogP contribution in [0.4, 0.5) is 0 Å². The zero-order valence-corrected chi connectivity index (χ0v) is 12.5. The molecule has 0 aliphatic carbocycles. The van der Waals surface area contributed by atoms with Crippen LogP contribution in [0, 0.1) is 0 Å². The molecular weight excluding hydrogens is 252 g/mol. The lowest BCUT2D eigenvalue weighted by Gasteiger charge is -2.17. The van der Waals surface area contributed by atoms with E-state index in [9.17, 15) is 5.11 Å². The highest BCUT2D eigenvalue weighted by molar-refractivity contribution is 5.29. The Balaban J connectivity index is 0.000000217. The third-order valence-electron chi connectivity index (χ3n) is 2.78. The number of methoxy groups -OCH3 is 2. The van der Waals surface area contributed by atoms with E-state index in [0.717, 1.165) is 17.1 Å². The normalized spacial score (nSPS) is 10.2. The molecule has 0 bridgehead atoms. The predicted octanol–water partition coefficient (Wildman–Crippen LogP) is 3.62. The van der Waals surface area contributed by atoms with Crippen molar-refractivity contribution in [3.8, 4) is 11.5 Å². The van der Waals surface area contributed by atoms with Gasteiger partial charge in [-0.25, -0.2) is 0 Å². The highest BCUT2D eigenvalue weighted by Gasteiger charge is 2.14. The molecule has 0 amide bonds. The van der Waals surface area contributed by atoms with Gasteiger partial charge in [-0.2, -0.15) is 0 Å². The topological polar surface area (TPSA) is 38.7 Å². The van der Waals surface area contributed by atoms with Crippen LogP contribution >= 0.6 is 0 Å². The van der Waals surface area contributed by atoms with Crippen LogP contribution in [-0.4, -0.2) is 19.3 Å². The molecule has 0 spiro atoms. The van der Waals surface area contributed by atoms with Crippen LogP contribution in [0.2, 0.25) is 0 Å². The van der Waals surface area contributed by atoms with Crippen LogP contribution in [0.15, 0.2) is 54.6 Å². The molecule has 2 aromatic carbocycles. The van der Waals surface area contributed by atoms with Gasteiger partial charge in [-0.15, -0.1) is 0 Å². The maximum absolute atomic E-state index is 9.61. The fourth-order valence-corrected chi connectivity index (χ4v) is 1.56. The molecule has 0 aliphatic heterocycles. The maximum Gasteiger partial charge on any atom is 0.118 e. The molecule has 3 nitrogen and oxygen atoms in total. The maximum atomic E-state index is 9.61. The predicted molar refractivity (Wildman–Crippen MR) is 81.2 cm³/mol. The number of rotatable bonds is 3. The summed E-state index contributed by atoms with van der Waals surface area (Å²) >= 11 is 0. The first-order chi connectivity index (χ1) is 9.47. The SMILES string of the molecule is COc1ccc(C(C)(C)O)cc1.COc1ccccc1. The van der Waals surface area contributed by atoms with Crippen molar-refractivity contribution >= 4 is 0 Å². The third kappa shape index (κ3) is 5.33. The van der Waals surface area contributed by atoms with Crippen LogP contribution in [0.1, 0.15) is 19.4 Å². The summed E-state index contributed by atoms with van der Waals surface area (Å²) in [6, 6.07) is 17.1. The summed E-state index contributed by atoms with van der Waals surface area (Å²) in [7, 11) is 3.29. The van der Waals surface area contributed by atoms with Gasteiger partial charge in [-0.1, -0.05) is 30.3 Å². The molecule has 3 heteroatoms. The molecule has 0 saturated carbocycles. The lowest BCUT2D eigenvalue weighted by atomic mass is 9.99. The van der Waals surface area contributed by atoms with E-state index in [0.29, 0.717) is 0 Å². The molecule has 20 heavy (non-hydrogen) atoms. The van der Waals surface area contributed by atoms with Crippen molar-refractivity contribution in [2.24, 2.45) is 0 Å². The first-order valence-corrected chi connectivity index (χ1v) is 6.43. The van der Waals surface area contributed by atoms with Gasteiger partial charge in [0.15, 0.2) is 0 Å². The molecule has 0 unspecified atom stereocenters. The summed E-state index contributed by atoms with van der Waals surface area (Å²) in [5.74, 6) is 1.72. The zero-order valence-electron chi connectivity index (χ0n) is 12.5. The van der Waals surface area contributed by atoms with E-state index < -0.39 is 5.60 Å². The number of ether oxygens (including phenoxy) is 2. The summed E-state index contributed by atoms with van der Waals surface area (Å²) in [6.07, 6.45) is 0. The van der Waals surface area contributed by atoms with Gasteiger partial charge in [0.25, 0.3) is 0 Å². The van der Waals surface area contributed by atoms with Crippen LogP contribution in [0.3, 0.4) is 0 Å². The van der Waals surface area contributed by atoms with Crippen molar-refractivity contribution in [1.29, 1.82) is 0 Å². The molecular formula is C17H22O3. The summed E-state index contributed by atoms with van der Waals surface area (Å²) in [4.78, 5) is 0. The Bertz CT molecular complexity index is 484. The van der Waals surface area contributed by atoms with Gasteiger partial charge < -0.3 is 14.6 Å². The molecule has 0 fully saturated rings. The Morgan fingerprint density at radius 3 is 1.55 bits per heavy atom. The summed E-state index contributed by atoms with van der Waals surface area (Å²) < 4.78 is 9.91. The van der Waals surface area contributed by atoms with Gasteiger partial charge in [0, 0.05) is 0 Å². The Morgan fingerprint density at radius 1 is 0.750 bits per heavy atom. The smallest absolute Gasteiger partial charge is 0.118 e. The third-order valence-corrected chi connectivity index (χ3v) is 2.78. The van der Waals surface area contributed by atoms with E-state index in [2.05, 4.69) is 0 Å². The molecule has 1 N–H and O–H groups in total. The summed E-state index contributed by atoms with van der Waals surface area (Å²) in [5, 5.41) is 9.61. The fourth-order valence-electron chi connectivity index (χ4n) is 1.56. The lowest BCUT2D eigenvalue weighted by molar-refractivity contribution is 0.0785. The number of aliphatic hydroxyl groups is 1. The molecule has 2 rings (SSSR count). The first-order valence-electron chi connectivity index (χ1n) is 6.43. The second-order valence-electron chi connectivity index (χ2n) is 4.80. The van der Waals surface area contributed by atoms with E-state index in [1.807, 2.05) is 54.6 Å². The van der Waals surface area contributed by atoms with Gasteiger partial charge in [-0.3, -0.25) is 0 Å². The standard InChI is InChI=1S/C10H14O2.C7H8O/c1-10(2,11)8-4-6-9(12-3)7-5-8;1-8-7-5-3-2-4-6-7/h4-7,11H,1-3H3;2-6H,1H3. The Hall–Kier alpha value is -2.00. The number of para-hydroxylation sites is 1. The Labute approximate surface area is 120 Å². The number of benzene rings is 2. The van der Waals surface area contributed by atoms with Crippen molar-refractivity contribution in [2.45, 2.75) is 19.4 Å². The Kier molecular flexibility index (Phi) is 6.07. The quantitative estimate of drug-likeness (QED) is 0.929. The fraction of sp³-hybridized carbons (Fsp3) is 0.294. The lowest BCUT2D eigenvalue weighted by Crippen LogP contribution is -2.14. The Morgan fingerprint density at radius 2 is 1.20 bits per heavy atom. The molecule has 0 saturated heterocycles.